The van der Waals surface area contributed by atoms with E-state index < -0.39 is 0 Å². The third-order valence-electron chi connectivity index (χ3n) is 4.76. The summed E-state index contributed by atoms with van der Waals surface area (Å²) in [5.41, 5.74) is 5.28. The van der Waals surface area contributed by atoms with Crippen molar-refractivity contribution in [2.24, 2.45) is 0 Å². The minimum Gasteiger partial charge on any atom is -0.307 e. The van der Waals surface area contributed by atoms with Crippen LogP contribution in [0.3, 0.4) is 0 Å². The monoisotopic (exact) mass is 397 g/mol. The molecule has 5 aromatic rings. The molecule has 0 aliphatic rings. The molecule has 0 atom stereocenters. The Labute approximate surface area is 173 Å². The number of nitrogens with zero attached hydrogens (tertiary/aromatic N) is 5. The first kappa shape index (κ1) is 17.7. The van der Waals surface area contributed by atoms with Gasteiger partial charge in [0.25, 0.3) is 0 Å². The molecule has 0 saturated heterocycles. The highest BCUT2D eigenvalue weighted by Crippen LogP contribution is 2.29. The van der Waals surface area contributed by atoms with Crippen LogP contribution in [0.5, 0.6) is 0 Å². The van der Waals surface area contributed by atoms with Gasteiger partial charge in [0.05, 0.1) is 5.69 Å². The molecule has 5 nitrogen and oxygen atoms in total. The van der Waals surface area contributed by atoms with Gasteiger partial charge >= 0.3 is 0 Å². The quantitative estimate of drug-likeness (QED) is 0.383. The van der Waals surface area contributed by atoms with Crippen molar-refractivity contribution < 1.29 is 0 Å². The van der Waals surface area contributed by atoms with Crippen molar-refractivity contribution in [2.45, 2.75) is 17.8 Å². The minimum absolute atomic E-state index is 0.723. The third kappa shape index (κ3) is 3.43. The van der Waals surface area contributed by atoms with E-state index in [1.165, 1.54) is 5.56 Å². The summed E-state index contributed by atoms with van der Waals surface area (Å²) in [6, 6.07) is 24.5. The Morgan fingerprint density at radius 2 is 1.62 bits per heavy atom. The Hall–Kier alpha value is -3.38. The maximum Gasteiger partial charge on any atom is 0.196 e. The summed E-state index contributed by atoms with van der Waals surface area (Å²) in [6.07, 6.45) is 4.11. The molecule has 0 aliphatic heterocycles. The van der Waals surface area contributed by atoms with Crippen LogP contribution in [-0.2, 0) is 5.75 Å². The minimum atomic E-state index is 0.723. The summed E-state index contributed by atoms with van der Waals surface area (Å²) in [5, 5.41) is 9.85. The van der Waals surface area contributed by atoms with Crippen molar-refractivity contribution in [3.8, 4) is 17.1 Å². The number of benzene rings is 2. The van der Waals surface area contributed by atoms with E-state index in [-0.39, 0.29) is 0 Å². The molecule has 142 valence electrons. The molecule has 3 aromatic heterocycles. The molecule has 6 heteroatoms. The van der Waals surface area contributed by atoms with Crippen LogP contribution in [-0.4, -0.2) is 24.1 Å². The summed E-state index contributed by atoms with van der Waals surface area (Å²) in [4.78, 5) is 4.78. The average Bonchev–Trinajstić information content (AvgIpc) is 3.38. The number of thioether (sulfide) groups is 1. The second kappa shape index (κ2) is 7.56. The van der Waals surface area contributed by atoms with E-state index in [0.29, 0.717) is 0 Å². The van der Waals surface area contributed by atoms with Gasteiger partial charge in [0.15, 0.2) is 11.0 Å². The highest BCUT2D eigenvalue weighted by atomic mass is 32.2. The molecule has 0 N–H and O–H groups in total. The molecule has 3 heterocycles. The standard InChI is InChI=1S/C23H19N5S/c1-17-9-8-14-27-15-19(24-21(17)27)16-29-23-26-25-22(18-10-4-2-5-11-18)28(23)20-12-6-3-7-13-20/h2-15H,16H2,1H3. The fraction of sp³-hybridized carbons (Fsp3) is 0.0870. The number of fused-ring (bicyclic) bond motifs is 1. The molecule has 0 radical (unpaired) electrons. The van der Waals surface area contributed by atoms with Crippen molar-refractivity contribution in [1.82, 2.24) is 24.1 Å². The lowest BCUT2D eigenvalue weighted by atomic mass is 10.2. The van der Waals surface area contributed by atoms with Gasteiger partial charge < -0.3 is 4.40 Å². The summed E-state index contributed by atoms with van der Waals surface area (Å²) < 4.78 is 4.18. The van der Waals surface area contributed by atoms with Crippen molar-refractivity contribution in [2.75, 3.05) is 0 Å². The van der Waals surface area contributed by atoms with Gasteiger partial charge in [-0.05, 0) is 30.7 Å². The lowest BCUT2D eigenvalue weighted by molar-refractivity contribution is 0.885. The zero-order valence-electron chi connectivity index (χ0n) is 15.9. The van der Waals surface area contributed by atoms with Crippen LogP contribution in [0.25, 0.3) is 22.7 Å². The summed E-state index contributed by atoms with van der Waals surface area (Å²) in [5.74, 6) is 1.56. The number of para-hydroxylation sites is 1. The SMILES string of the molecule is Cc1cccn2cc(CSc3nnc(-c4ccccc4)n3-c3ccccc3)nc12. The van der Waals surface area contributed by atoms with Crippen molar-refractivity contribution in [1.29, 1.82) is 0 Å². The van der Waals surface area contributed by atoms with Crippen molar-refractivity contribution >= 4 is 17.4 Å². The van der Waals surface area contributed by atoms with E-state index in [4.69, 9.17) is 4.98 Å². The van der Waals surface area contributed by atoms with E-state index in [2.05, 4.69) is 62.6 Å². The third-order valence-corrected chi connectivity index (χ3v) is 5.72. The number of hydrogen-bond donors (Lipinski definition) is 0. The summed E-state index contributed by atoms with van der Waals surface area (Å²) in [6.45, 7) is 2.08. The van der Waals surface area contributed by atoms with Gasteiger partial charge in [-0.15, -0.1) is 10.2 Å². The van der Waals surface area contributed by atoms with Gasteiger partial charge in [-0.3, -0.25) is 4.57 Å². The lowest BCUT2D eigenvalue weighted by Gasteiger charge is -2.09. The summed E-state index contributed by atoms with van der Waals surface area (Å²) in [7, 11) is 0. The van der Waals surface area contributed by atoms with Gasteiger partial charge in [0, 0.05) is 29.4 Å². The topological polar surface area (TPSA) is 48.0 Å². The molecule has 5 rings (SSSR count). The van der Waals surface area contributed by atoms with Crippen LogP contribution < -0.4 is 0 Å². The van der Waals surface area contributed by atoms with Crippen LogP contribution in [0.1, 0.15) is 11.3 Å². The Bertz CT molecular complexity index is 1260. The lowest BCUT2D eigenvalue weighted by Crippen LogP contribution is -1.99. The first-order valence-corrected chi connectivity index (χ1v) is 10.4. The van der Waals surface area contributed by atoms with Crippen LogP contribution in [0.15, 0.2) is 90.3 Å². The maximum atomic E-state index is 4.78. The van der Waals surface area contributed by atoms with Crippen LogP contribution in [0, 0.1) is 6.92 Å². The Kier molecular flexibility index (Phi) is 4.62. The molecular weight excluding hydrogens is 378 g/mol. The molecule has 29 heavy (non-hydrogen) atoms. The first-order chi connectivity index (χ1) is 14.3. The smallest absolute Gasteiger partial charge is 0.196 e. The Balaban J connectivity index is 1.51. The van der Waals surface area contributed by atoms with Gasteiger partial charge in [-0.2, -0.15) is 0 Å². The highest BCUT2D eigenvalue weighted by Gasteiger charge is 2.16. The average molecular weight is 398 g/mol. The van der Waals surface area contributed by atoms with E-state index in [1.54, 1.807) is 11.8 Å². The molecule has 0 bridgehead atoms. The molecular formula is C23H19N5S. The zero-order valence-corrected chi connectivity index (χ0v) is 16.8. The number of pyridine rings is 1. The van der Waals surface area contributed by atoms with Crippen LogP contribution >= 0.6 is 11.8 Å². The molecule has 0 spiro atoms. The van der Waals surface area contributed by atoms with Gasteiger partial charge in [0.2, 0.25) is 0 Å². The van der Waals surface area contributed by atoms with E-state index in [9.17, 15) is 0 Å². The van der Waals surface area contributed by atoms with Gasteiger partial charge in [-0.1, -0.05) is 66.4 Å². The fourth-order valence-electron chi connectivity index (χ4n) is 3.36. The Morgan fingerprint density at radius 3 is 2.38 bits per heavy atom. The zero-order chi connectivity index (χ0) is 19.6. The maximum absolute atomic E-state index is 4.78. The molecule has 0 unspecified atom stereocenters. The second-order valence-corrected chi connectivity index (χ2v) is 7.73. The van der Waals surface area contributed by atoms with Crippen LogP contribution in [0.2, 0.25) is 0 Å². The predicted octanol–water partition coefficient (Wildman–Crippen LogP) is 5.18. The number of aromatic nitrogens is 5. The molecule has 2 aromatic carbocycles. The summed E-state index contributed by atoms with van der Waals surface area (Å²) >= 11 is 1.65. The second-order valence-electron chi connectivity index (χ2n) is 6.79. The fourth-order valence-corrected chi connectivity index (χ4v) is 4.20. The Morgan fingerprint density at radius 1 is 0.862 bits per heavy atom. The van der Waals surface area contributed by atoms with Gasteiger partial charge in [0.1, 0.15) is 5.65 Å². The first-order valence-electron chi connectivity index (χ1n) is 9.42. The number of imidazole rings is 1. The molecule has 0 fully saturated rings. The van der Waals surface area contributed by atoms with Crippen molar-refractivity contribution in [3.05, 3.63) is 96.4 Å². The number of aryl methyl sites for hydroxylation is 1. The van der Waals surface area contributed by atoms with Crippen LogP contribution in [0.4, 0.5) is 0 Å². The normalized spacial score (nSPS) is 11.2. The van der Waals surface area contributed by atoms with E-state index in [0.717, 1.165) is 39.3 Å². The molecule has 0 amide bonds. The van der Waals surface area contributed by atoms with Crippen molar-refractivity contribution in [3.63, 3.8) is 0 Å². The highest BCUT2D eigenvalue weighted by molar-refractivity contribution is 7.98. The van der Waals surface area contributed by atoms with E-state index >= 15 is 0 Å². The number of hydrogen-bond acceptors (Lipinski definition) is 4. The van der Waals surface area contributed by atoms with Gasteiger partial charge in [-0.25, -0.2) is 4.98 Å². The molecule has 0 saturated carbocycles. The predicted molar refractivity (Wildman–Crippen MR) is 116 cm³/mol. The largest absolute Gasteiger partial charge is 0.307 e. The van der Waals surface area contributed by atoms with E-state index in [1.807, 2.05) is 48.7 Å². The molecule has 0 aliphatic carbocycles. The number of rotatable bonds is 5.